The molecule has 0 saturated heterocycles. The van der Waals surface area contributed by atoms with Crippen LogP contribution in [0.25, 0.3) is 11.1 Å². The van der Waals surface area contributed by atoms with Gasteiger partial charge in [0.05, 0.1) is 12.0 Å². The first-order valence-corrected chi connectivity index (χ1v) is 10.0. The first kappa shape index (κ1) is 20.9. The topological polar surface area (TPSA) is 64.6 Å². The molecule has 0 bridgehead atoms. The number of hydrogen-bond donors (Lipinski definition) is 1. The number of rotatable bonds is 4. The van der Waals surface area contributed by atoms with Gasteiger partial charge in [-0.25, -0.2) is 4.79 Å². The Morgan fingerprint density at radius 3 is 1.97 bits per heavy atom. The zero-order valence-electron chi connectivity index (χ0n) is 17.6. The van der Waals surface area contributed by atoms with E-state index in [0.717, 1.165) is 22.3 Å². The lowest BCUT2D eigenvalue weighted by atomic mass is 9.77. The molecule has 5 nitrogen and oxygen atoms in total. The highest BCUT2D eigenvalue weighted by molar-refractivity contribution is 5.82. The maximum absolute atomic E-state index is 13.2. The van der Waals surface area contributed by atoms with E-state index in [1.807, 2.05) is 57.2 Å². The SMILES string of the molecule is CCOC(=O)C1(CNC(=O)OC(C)(C)C)Cc2ccccc2-c2ccccc2C1. The van der Waals surface area contributed by atoms with E-state index in [1.165, 1.54) is 0 Å². The summed E-state index contributed by atoms with van der Waals surface area (Å²) in [5.74, 6) is -0.303. The van der Waals surface area contributed by atoms with Gasteiger partial charge in [0.1, 0.15) is 5.60 Å². The number of alkyl carbamates (subject to hydrolysis) is 1. The Morgan fingerprint density at radius 2 is 1.48 bits per heavy atom. The van der Waals surface area contributed by atoms with Gasteiger partial charge in [-0.15, -0.1) is 0 Å². The van der Waals surface area contributed by atoms with Gasteiger partial charge in [0.2, 0.25) is 0 Å². The Hall–Kier alpha value is -2.82. The van der Waals surface area contributed by atoms with Gasteiger partial charge in [-0.1, -0.05) is 48.5 Å². The Bertz CT molecular complexity index is 850. The van der Waals surface area contributed by atoms with Crippen molar-refractivity contribution in [2.45, 2.75) is 46.1 Å². The van der Waals surface area contributed by atoms with E-state index < -0.39 is 17.1 Å². The summed E-state index contributed by atoms with van der Waals surface area (Å²) in [6.45, 7) is 7.66. The van der Waals surface area contributed by atoms with Gasteiger partial charge in [0.25, 0.3) is 0 Å². The molecule has 0 spiro atoms. The third kappa shape index (κ3) is 4.78. The first-order valence-electron chi connectivity index (χ1n) is 10.0. The van der Waals surface area contributed by atoms with Crippen LogP contribution >= 0.6 is 0 Å². The molecule has 0 saturated carbocycles. The summed E-state index contributed by atoms with van der Waals surface area (Å²) in [5.41, 5.74) is 2.85. The van der Waals surface area contributed by atoms with Gasteiger partial charge in [-0.3, -0.25) is 4.79 Å². The maximum Gasteiger partial charge on any atom is 0.407 e. The number of ether oxygens (including phenoxy) is 2. The van der Waals surface area contributed by atoms with E-state index in [0.29, 0.717) is 12.8 Å². The lowest BCUT2D eigenvalue weighted by molar-refractivity contribution is -0.155. The molecular weight excluding hydrogens is 366 g/mol. The molecule has 0 atom stereocenters. The molecule has 0 aromatic heterocycles. The molecule has 0 aliphatic heterocycles. The molecule has 1 amide bonds. The van der Waals surface area contributed by atoms with Gasteiger partial charge in [-0.05, 0) is 62.8 Å². The molecule has 2 aromatic rings. The number of amides is 1. The summed E-state index contributed by atoms with van der Waals surface area (Å²) < 4.78 is 10.9. The zero-order valence-corrected chi connectivity index (χ0v) is 17.6. The molecule has 0 radical (unpaired) electrons. The van der Waals surface area contributed by atoms with Gasteiger partial charge in [0.15, 0.2) is 0 Å². The molecule has 1 aliphatic carbocycles. The smallest absolute Gasteiger partial charge is 0.407 e. The number of fused-ring (bicyclic) bond motifs is 3. The van der Waals surface area contributed by atoms with Crippen molar-refractivity contribution in [1.29, 1.82) is 0 Å². The Morgan fingerprint density at radius 1 is 0.966 bits per heavy atom. The summed E-state index contributed by atoms with van der Waals surface area (Å²) in [4.78, 5) is 25.5. The Balaban J connectivity index is 2.00. The Labute approximate surface area is 172 Å². The van der Waals surface area contributed by atoms with Crippen LogP contribution < -0.4 is 5.32 Å². The number of benzene rings is 2. The standard InChI is InChI=1S/C24H29NO4/c1-5-28-21(26)24(16-25-22(27)29-23(2,3)4)14-17-10-6-8-12-19(17)20-13-9-7-11-18(20)15-24/h6-13H,5,14-16H2,1-4H3,(H,25,27). The largest absolute Gasteiger partial charge is 0.465 e. The molecule has 1 aliphatic rings. The fourth-order valence-corrected chi connectivity index (χ4v) is 3.85. The quantitative estimate of drug-likeness (QED) is 0.773. The molecule has 0 fully saturated rings. The zero-order chi connectivity index (χ0) is 21.1. The van der Waals surface area contributed by atoms with Crippen LogP contribution in [0, 0.1) is 5.41 Å². The fourth-order valence-electron chi connectivity index (χ4n) is 3.85. The monoisotopic (exact) mass is 395 g/mol. The van der Waals surface area contributed by atoms with Crippen LogP contribution in [0.3, 0.4) is 0 Å². The molecule has 3 rings (SSSR count). The number of nitrogens with one attached hydrogen (secondary N) is 1. The summed E-state index contributed by atoms with van der Waals surface area (Å²) in [7, 11) is 0. The number of carbonyl (C=O) groups is 2. The van der Waals surface area contributed by atoms with Crippen LogP contribution in [0.2, 0.25) is 0 Å². The average Bonchev–Trinajstić information content (AvgIpc) is 2.80. The molecule has 0 heterocycles. The summed E-state index contributed by atoms with van der Waals surface area (Å²) in [6.07, 6.45) is 0.422. The van der Waals surface area contributed by atoms with Gasteiger partial charge in [-0.2, -0.15) is 0 Å². The highest BCUT2D eigenvalue weighted by atomic mass is 16.6. The molecule has 2 aromatic carbocycles. The van der Waals surface area contributed by atoms with E-state index >= 15 is 0 Å². The predicted octanol–water partition coefficient (Wildman–Crippen LogP) is 4.53. The van der Waals surface area contributed by atoms with Crippen molar-refractivity contribution in [3.05, 3.63) is 59.7 Å². The van der Waals surface area contributed by atoms with E-state index in [4.69, 9.17) is 9.47 Å². The van der Waals surface area contributed by atoms with E-state index in [2.05, 4.69) is 17.4 Å². The van der Waals surface area contributed by atoms with Crippen molar-refractivity contribution in [3.8, 4) is 11.1 Å². The fraction of sp³-hybridized carbons (Fsp3) is 0.417. The van der Waals surface area contributed by atoms with Crippen molar-refractivity contribution in [2.75, 3.05) is 13.2 Å². The van der Waals surface area contributed by atoms with Crippen LogP contribution in [-0.4, -0.2) is 30.8 Å². The third-order valence-electron chi connectivity index (χ3n) is 5.06. The number of hydrogen-bond acceptors (Lipinski definition) is 4. The highest BCUT2D eigenvalue weighted by Crippen LogP contribution is 2.40. The minimum absolute atomic E-state index is 0.142. The molecule has 29 heavy (non-hydrogen) atoms. The normalized spacial score (nSPS) is 14.8. The second kappa shape index (κ2) is 8.27. The Kier molecular flexibility index (Phi) is 5.96. The van der Waals surface area contributed by atoms with Crippen LogP contribution in [0.1, 0.15) is 38.8 Å². The summed E-state index contributed by atoms with van der Waals surface area (Å²) in [5, 5.41) is 2.82. The van der Waals surface area contributed by atoms with Gasteiger partial charge >= 0.3 is 12.1 Å². The summed E-state index contributed by atoms with van der Waals surface area (Å²) in [6, 6.07) is 16.2. The minimum Gasteiger partial charge on any atom is -0.465 e. The van der Waals surface area contributed by atoms with Crippen molar-refractivity contribution in [3.63, 3.8) is 0 Å². The van der Waals surface area contributed by atoms with Crippen molar-refractivity contribution < 1.29 is 19.1 Å². The van der Waals surface area contributed by atoms with Gasteiger partial charge < -0.3 is 14.8 Å². The second-order valence-corrected chi connectivity index (χ2v) is 8.52. The lowest BCUT2D eigenvalue weighted by Crippen LogP contribution is -2.47. The van der Waals surface area contributed by atoms with Crippen molar-refractivity contribution >= 4 is 12.1 Å². The minimum atomic E-state index is -0.907. The molecule has 0 unspecified atom stereocenters. The second-order valence-electron chi connectivity index (χ2n) is 8.52. The first-order chi connectivity index (χ1) is 13.7. The third-order valence-corrected chi connectivity index (χ3v) is 5.06. The summed E-state index contributed by atoms with van der Waals surface area (Å²) >= 11 is 0. The van der Waals surface area contributed by atoms with E-state index in [1.54, 1.807) is 6.92 Å². The van der Waals surface area contributed by atoms with Crippen LogP contribution in [-0.2, 0) is 27.1 Å². The number of carbonyl (C=O) groups excluding carboxylic acids is 2. The van der Waals surface area contributed by atoms with Crippen molar-refractivity contribution in [2.24, 2.45) is 5.41 Å². The van der Waals surface area contributed by atoms with Crippen molar-refractivity contribution in [1.82, 2.24) is 5.32 Å². The average molecular weight is 395 g/mol. The van der Waals surface area contributed by atoms with E-state index in [9.17, 15) is 9.59 Å². The van der Waals surface area contributed by atoms with Crippen LogP contribution in [0.4, 0.5) is 4.79 Å². The number of esters is 1. The predicted molar refractivity (Wildman–Crippen MR) is 113 cm³/mol. The lowest BCUT2D eigenvalue weighted by Gasteiger charge is -2.31. The molecule has 5 heteroatoms. The van der Waals surface area contributed by atoms with E-state index in [-0.39, 0.29) is 19.1 Å². The van der Waals surface area contributed by atoms with Gasteiger partial charge in [0, 0.05) is 6.54 Å². The molecule has 1 N–H and O–H groups in total. The highest BCUT2D eigenvalue weighted by Gasteiger charge is 2.43. The van der Waals surface area contributed by atoms with Crippen LogP contribution in [0.15, 0.2) is 48.5 Å². The van der Waals surface area contributed by atoms with Crippen LogP contribution in [0.5, 0.6) is 0 Å². The molecular formula is C24H29NO4. The molecule has 154 valence electrons. The maximum atomic E-state index is 13.2.